The highest BCUT2D eigenvalue weighted by Crippen LogP contribution is 2.62. The molecule has 53 heavy (non-hydrogen) atoms. The van der Waals surface area contributed by atoms with E-state index in [9.17, 15) is 4.79 Å². The molecule has 0 aromatic carbocycles. The molecule has 4 aliphatic carbocycles. The van der Waals surface area contributed by atoms with Gasteiger partial charge in [0.15, 0.2) is 22.9 Å². The first-order valence-corrected chi connectivity index (χ1v) is 27.4. The van der Waals surface area contributed by atoms with E-state index >= 15 is 0 Å². The molecular weight excluding hydrogens is 689 g/mol. The van der Waals surface area contributed by atoms with Crippen LogP contribution in [0, 0.1) is 28.1 Å². The number of ether oxygens (including phenoxy) is 2. The molecule has 0 aromatic heterocycles. The van der Waals surface area contributed by atoms with Crippen molar-refractivity contribution in [2.24, 2.45) is 28.1 Å². The number of carbonyl (C=O) groups excluding carboxylic acids is 1. The van der Waals surface area contributed by atoms with Crippen molar-refractivity contribution in [1.29, 1.82) is 0 Å². The molecule has 0 spiro atoms. The summed E-state index contributed by atoms with van der Waals surface area (Å²) in [5.74, 6) is 1.45. The lowest BCUT2D eigenvalue weighted by molar-refractivity contribution is -0.191. The van der Waals surface area contributed by atoms with Gasteiger partial charge in [-0.15, -0.1) is 0 Å². The van der Waals surface area contributed by atoms with E-state index in [2.05, 4.69) is 113 Å². The highest BCUT2D eigenvalue weighted by molar-refractivity contribution is 6.74. The number of hydrogen-bond donors (Lipinski definition) is 0. The van der Waals surface area contributed by atoms with E-state index < -0.39 is 16.6 Å². The van der Waals surface area contributed by atoms with Gasteiger partial charge in [0.2, 0.25) is 0 Å². The zero-order valence-electron chi connectivity index (χ0n) is 36.7. The Morgan fingerprint density at radius 2 is 1.43 bits per heavy atom. The Morgan fingerprint density at radius 1 is 0.830 bits per heavy atom. The second-order valence-corrected chi connectivity index (χ2v) is 31.5. The molecule has 0 amide bonds. The standard InChI is InChI=1S/C46H80O5Si2/c1-33(47)46(27-28-46)40(49-41-19-15-16-29-48-41)24-26-44(8,9)39-23-22-38-35(18-17-25-45(38,39)10)21-20-34-30-36(50-52(11,12)42(2,3)4)32-37(31-34)51-53(13,14)43(5,6)7/h20-21,24,26,36-41H,15-19,22-23,25,27-32H2,1-14H3/b26-24+,35-21+/t36-,37-,38+,39-,40?,41?,45+/m1/s1. The Labute approximate surface area is 328 Å². The number of carbonyl (C=O) groups is 1. The van der Waals surface area contributed by atoms with Crippen molar-refractivity contribution < 1.29 is 23.1 Å². The van der Waals surface area contributed by atoms with E-state index in [4.69, 9.17) is 18.3 Å². The Morgan fingerprint density at radius 3 is 1.94 bits per heavy atom. The Kier molecular flexibility index (Phi) is 12.9. The maximum Gasteiger partial charge on any atom is 0.192 e. The van der Waals surface area contributed by atoms with Crippen LogP contribution in [0.4, 0.5) is 0 Å². The largest absolute Gasteiger partial charge is 0.414 e. The molecule has 0 aromatic rings. The summed E-state index contributed by atoms with van der Waals surface area (Å²) >= 11 is 0. The molecule has 302 valence electrons. The number of Topliss-reactive ketones (excluding diaryl/α,β-unsaturated/α-hetero) is 1. The van der Waals surface area contributed by atoms with Gasteiger partial charge in [-0.25, -0.2) is 0 Å². The minimum absolute atomic E-state index is 0.00169. The molecule has 0 bridgehead atoms. The molecule has 5 rings (SSSR count). The van der Waals surface area contributed by atoms with E-state index in [-0.39, 0.29) is 56.7 Å². The lowest BCUT2D eigenvalue weighted by Gasteiger charge is -2.47. The average Bonchev–Trinajstić information content (AvgIpc) is 3.76. The zero-order chi connectivity index (χ0) is 39.3. The monoisotopic (exact) mass is 769 g/mol. The number of fused-ring (bicyclic) bond motifs is 1. The average molecular weight is 769 g/mol. The van der Waals surface area contributed by atoms with Crippen molar-refractivity contribution in [1.82, 2.24) is 0 Å². The third-order valence-electron chi connectivity index (χ3n) is 15.6. The summed E-state index contributed by atoms with van der Waals surface area (Å²) in [5, 5.41) is 0.371. The quantitative estimate of drug-likeness (QED) is 0.146. The molecule has 0 radical (unpaired) electrons. The zero-order valence-corrected chi connectivity index (χ0v) is 38.7. The van der Waals surface area contributed by atoms with Crippen molar-refractivity contribution in [2.45, 2.75) is 214 Å². The van der Waals surface area contributed by atoms with Gasteiger partial charge >= 0.3 is 0 Å². The first-order chi connectivity index (χ1) is 24.4. The molecule has 0 N–H and O–H groups in total. The van der Waals surface area contributed by atoms with Crippen LogP contribution in [0.15, 0.2) is 35.5 Å². The summed E-state index contributed by atoms with van der Waals surface area (Å²) in [5.41, 5.74) is 3.05. The van der Waals surface area contributed by atoms with Crippen molar-refractivity contribution in [3.63, 3.8) is 0 Å². The second kappa shape index (κ2) is 15.8. The normalized spacial score (nSPS) is 32.9. The number of allylic oxidation sites excluding steroid dienone is 4. The second-order valence-electron chi connectivity index (χ2n) is 22.0. The molecule has 5 aliphatic rings. The van der Waals surface area contributed by atoms with Crippen LogP contribution in [0.2, 0.25) is 36.3 Å². The summed E-state index contributed by atoms with van der Waals surface area (Å²) in [7, 11) is -3.83. The molecular formula is C46H80O5Si2. The van der Waals surface area contributed by atoms with Gasteiger partial charge in [-0.1, -0.05) is 97.8 Å². The van der Waals surface area contributed by atoms with Crippen LogP contribution in [0.3, 0.4) is 0 Å². The smallest absolute Gasteiger partial charge is 0.192 e. The number of rotatable bonds is 12. The number of ketones is 1. The van der Waals surface area contributed by atoms with Gasteiger partial charge in [-0.05, 0) is 149 Å². The van der Waals surface area contributed by atoms with Crippen molar-refractivity contribution >= 4 is 22.4 Å². The van der Waals surface area contributed by atoms with Gasteiger partial charge in [-0.2, -0.15) is 0 Å². The fourth-order valence-electron chi connectivity index (χ4n) is 10.1. The van der Waals surface area contributed by atoms with Gasteiger partial charge in [0.05, 0.1) is 23.7 Å². The molecule has 1 aliphatic heterocycles. The van der Waals surface area contributed by atoms with Gasteiger partial charge in [0.25, 0.3) is 0 Å². The molecule has 5 fully saturated rings. The third kappa shape index (κ3) is 9.66. The van der Waals surface area contributed by atoms with Crippen LogP contribution >= 0.6 is 0 Å². The fourth-order valence-corrected chi connectivity index (χ4v) is 12.8. The summed E-state index contributed by atoms with van der Waals surface area (Å²) < 4.78 is 26.9. The van der Waals surface area contributed by atoms with Crippen LogP contribution in [-0.2, 0) is 23.1 Å². The Bertz CT molecular complexity index is 1340. The molecule has 1 saturated heterocycles. The predicted molar refractivity (Wildman–Crippen MR) is 226 cm³/mol. The number of hydrogen-bond acceptors (Lipinski definition) is 5. The van der Waals surface area contributed by atoms with Gasteiger partial charge in [0, 0.05) is 6.61 Å². The van der Waals surface area contributed by atoms with E-state index in [1.165, 1.54) is 37.7 Å². The maximum absolute atomic E-state index is 12.9. The highest BCUT2D eigenvalue weighted by Gasteiger charge is 2.56. The molecule has 5 nitrogen and oxygen atoms in total. The molecule has 7 heteroatoms. The molecule has 1 heterocycles. The lowest BCUT2D eigenvalue weighted by Crippen LogP contribution is -2.48. The summed E-state index contributed by atoms with van der Waals surface area (Å²) in [6.45, 7) is 33.7. The van der Waals surface area contributed by atoms with Crippen LogP contribution in [-0.4, -0.2) is 53.6 Å². The summed E-state index contributed by atoms with van der Waals surface area (Å²) in [6, 6.07) is 0. The maximum atomic E-state index is 12.9. The van der Waals surface area contributed by atoms with Gasteiger partial charge in [-0.3, -0.25) is 4.79 Å². The van der Waals surface area contributed by atoms with Gasteiger partial charge < -0.3 is 18.3 Å². The summed E-state index contributed by atoms with van der Waals surface area (Å²) in [4.78, 5) is 12.9. The van der Waals surface area contributed by atoms with Crippen LogP contribution in [0.1, 0.15) is 153 Å². The van der Waals surface area contributed by atoms with E-state index in [0.29, 0.717) is 11.8 Å². The van der Waals surface area contributed by atoms with Crippen LogP contribution in [0.25, 0.3) is 0 Å². The third-order valence-corrected chi connectivity index (χ3v) is 24.7. The summed E-state index contributed by atoms with van der Waals surface area (Å²) in [6.07, 6.45) is 24.1. The molecule has 4 saturated carbocycles. The Hall–Kier alpha value is -0.836. The van der Waals surface area contributed by atoms with Crippen LogP contribution < -0.4 is 0 Å². The van der Waals surface area contributed by atoms with Crippen molar-refractivity contribution in [3.8, 4) is 0 Å². The molecule has 2 unspecified atom stereocenters. The minimum atomic E-state index is -1.92. The highest BCUT2D eigenvalue weighted by atomic mass is 28.4. The minimum Gasteiger partial charge on any atom is -0.414 e. The van der Waals surface area contributed by atoms with E-state index in [0.717, 1.165) is 58.0 Å². The predicted octanol–water partition coefficient (Wildman–Crippen LogP) is 12.9. The Balaban J connectivity index is 1.35. The lowest BCUT2D eigenvalue weighted by atomic mass is 9.57. The fraction of sp³-hybridized carbons (Fsp3) is 0.848. The SMILES string of the molecule is CC(=O)C1(C(/C=C/C(C)(C)[C@H]2CC[C@H]3/C(=C/C=C4C[C@@H](O[Si](C)(C)C(C)(C)C)C[C@H](O[Si](C)(C)C(C)(C)C)C4)CCC[C@]23C)OC2CCCCO2)CC1. The van der Waals surface area contributed by atoms with Crippen molar-refractivity contribution in [3.05, 3.63) is 35.5 Å². The first kappa shape index (κ1) is 43.3. The first-order valence-electron chi connectivity index (χ1n) is 21.6. The van der Waals surface area contributed by atoms with Gasteiger partial charge in [0.1, 0.15) is 5.78 Å². The topological polar surface area (TPSA) is 54.0 Å². The van der Waals surface area contributed by atoms with E-state index in [1.54, 1.807) is 12.5 Å². The molecule has 7 atom stereocenters. The van der Waals surface area contributed by atoms with Crippen LogP contribution in [0.5, 0.6) is 0 Å². The van der Waals surface area contributed by atoms with Crippen molar-refractivity contribution in [2.75, 3.05) is 6.61 Å². The van der Waals surface area contributed by atoms with E-state index in [1.807, 2.05) is 0 Å².